The Morgan fingerprint density at radius 1 is 1.00 bits per heavy atom. The lowest BCUT2D eigenvalue weighted by Crippen LogP contribution is -2.39. The Balaban J connectivity index is 0.000000194. The number of aromatic amines is 2. The van der Waals surface area contributed by atoms with Crippen LogP contribution in [-0.4, -0.2) is 83.5 Å². The lowest BCUT2D eigenvalue weighted by molar-refractivity contribution is 0.143. The van der Waals surface area contributed by atoms with Crippen LogP contribution in [0.25, 0.3) is 0 Å². The van der Waals surface area contributed by atoms with Crippen molar-refractivity contribution in [2.45, 2.75) is 44.8 Å². The van der Waals surface area contributed by atoms with Crippen molar-refractivity contribution in [2.24, 2.45) is 0 Å². The summed E-state index contributed by atoms with van der Waals surface area (Å²) >= 11 is 0. The summed E-state index contributed by atoms with van der Waals surface area (Å²) in [6, 6.07) is 1.34. The Morgan fingerprint density at radius 3 is 2.04 bits per heavy atom. The molecule has 1 saturated heterocycles. The molecule has 0 bridgehead atoms. The monoisotopic (exact) mass is 378 g/mol. The van der Waals surface area contributed by atoms with E-state index in [1.54, 1.807) is 26.9 Å². The van der Waals surface area contributed by atoms with E-state index in [0.717, 1.165) is 31.7 Å². The zero-order chi connectivity index (χ0) is 19.5. The fraction of sp³-hybridized carbons (Fsp3) is 0.684. The molecule has 152 valence electrons. The van der Waals surface area contributed by atoms with Crippen LogP contribution in [0.5, 0.6) is 0 Å². The summed E-state index contributed by atoms with van der Waals surface area (Å²) in [7, 11) is 3.48. The Labute approximate surface area is 162 Å². The number of aromatic nitrogens is 4. The molecule has 0 aromatic carbocycles. The van der Waals surface area contributed by atoms with Crippen LogP contribution in [0.15, 0.2) is 25.0 Å². The van der Waals surface area contributed by atoms with Crippen molar-refractivity contribution in [2.75, 3.05) is 40.5 Å². The summed E-state index contributed by atoms with van der Waals surface area (Å²) in [6.45, 7) is 8.21. The molecule has 0 aliphatic carbocycles. The predicted octanol–water partition coefficient (Wildman–Crippen LogP) is 1.25. The van der Waals surface area contributed by atoms with Gasteiger partial charge in [0.25, 0.3) is 0 Å². The maximum absolute atomic E-state index is 5.18. The summed E-state index contributed by atoms with van der Waals surface area (Å²) in [5, 5.41) is 3.45. The summed E-state index contributed by atoms with van der Waals surface area (Å²) in [5.74, 6) is 0. The Hall–Kier alpha value is -1.74. The molecule has 3 heterocycles. The van der Waals surface area contributed by atoms with Crippen molar-refractivity contribution in [1.82, 2.24) is 30.2 Å². The van der Waals surface area contributed by atoms with Crippen molar-refractivity contribution < 1.29 is 9.47 Å². The highest BCUT2D eigenvalue weighted by Gasteiger charge is 2.27. The maximum atomic E-state index is 5.18. The number of imidazole rings is 2. The third-order valence-electron chi connectivity index (χ3n) is 4.33. The average Bonchev–Trinajstić information content (AvgIpc) is 3.11. The zero-order valence-electron chi connectivity index (χ0n) is 16.9. The van der Waals surface area contributed by atoms with Gasteiger partial charge in [0.05, 0.1) is 25.9 Å². The molecule has 2 aromatic heterocycles. The number of methoxy groups -OCH3 is 2. The van der Waals surface area contributed by atoms with Gasteiger partial charge in [-0.3, -0.25) is 4.90 Å². The number of nitrogens with zero attached hydrogens (tertiary/aromatic N) is 3. The smallest absolute Gasteiger partial charge is 0.0921 e. The maximum Gasteiger partial charge on any atom is 0.0921 e. The molecule has 2 aromatic rings. The number of hydrogen-bond donors (Lipinski definition) is 3. The summed E-state index contributed by atoms with van der Waals surface area (Å²) in [4.78, 5) is 16.6. The normalized spacial score (nSPS) is 16.0. The van der Waals surface area contributed by atoms with Crippen molar-refractivity contribution in [3.05, 3.63) is 36.4 Å². The number of hydrogen-bond acceptors (Lipinski definition) is 6. The largest absolute Gasteiger partial charge is 0.383 e. The topological polar surface area (TPSA) is 90.9 Å². The quantitative estimate of drug-likeness (QED) is 0.510. The van der Waals surface area contributed by atoms with Gasteiger partial charge in [-0.1, -0.05) is 13.8 Å². The van der Waals surface area contributed by atoms with E-state index in [9.17, 15) is 0 Å². The standard InChI is InChI=1S/C10H19N3O.C9H15N3O/c1-8(2)13-10(6-14-3)4-9-5-11-7-12-9;1-13-6-9(12-2-3-12)4-8-5-10-7-11-8/h5,7-8,10,13H,4,6H2,1-3H3,(H,11,12);5,7,9H,2-4,6H2,1H3,(H,10,11). The first kappa shape index (κ1) is 21.6. The van der Waals surface area contributed by atoms with Crippen LogP contribution in [0.3, 0.4) is 0 Å². The van der Waals surface area contributed by atoms with Gasteiger partial charge in [0.15, 0.2) is 0 Å². The number of rotatable bonds is 11. The second-order valence-corrected chi connectivity index (χ2v) is 7.18. The number of nitrogens with one attached hydrogen (secondary N) is 3. The third-order valence-corrected chi connectivity index (χ3v) is 4.33. The molecule has 3 rings (SSSR count). The van der Waals surface area contributed by atoms with Gasteiger partial charge in [-0.25, -0.2) is 9.97 Å². The second kappa shape index (κ2) is 11.9. The van der Waals surface area contributed by atoms with Crippen LogP contribution in [-0.2, 0) is 22.3 Å². The van der Waals surface area contributed by atoms with Gasteiger partial charge in [0.2, 0.25) is 0 Å². The Morgan fingerprint density at radius 2 is 1.59 bits per heavy atom. The summed E-state index contributed by atoms with van der Waals surface area (Å²) < 4.78 is 10.3. The first-order valence-corrected chi connectivity index (χ1v) is 9.54. The number of H-pyrrole nitrogens is 2. The van der Waals surface area contributed by atoms with Crippen molar-refractivity contribution in [3.8, 4) is 0 Å². The minimum Gasteiger partial charge on any atom is -0.383 e. The van der Waals surface area contributed by atoms with Gasteiger partial charge in [-0.05, 0) is 0 Å². The van der Waals surface area contributed by atoms with E-state index >= 15 is 0 Å². The molecule has 3 N–H and O–H groups in total. The summed E-state index contributed by atoms with van der Waals surface area (Å²) in [5.41, 5.74) is 2.33. The van der Waals surface area contributed by atoms with Crippen LogP contribution >= 0.6 is 0 Å². The molecule has 8 heteroatoms. The van der Waals surface area contributed by atoms with Gasteiger partial charge in [0.1, 0.15) is 0 Å². The van der Waals surface area contributed by atoms with E-state index in [2.05, 4.69) is 44.0 Å². The van der Waals surface area contributed by atoms with Gasteiger partial charge in [-0.2, -0.15) is 0 Å². The molecule has 0 radical (unpaired) electrons. The highest BCUT2D eigenvalue weighted by atomic mass is 16.5. The highest BCUT2D eigenvalue weighted by molar-refractivity contribution is 5.00. The molecule has 1 aliphatic heterocycles. The highest BCUT2D eigenvalue weighted by Crippen LogP contribution is 2.14. The van der Waals surface area contributed by atoms with Crippen molar-refractivity contribution in [1.29, 1.82) is 0 Å². The zero-order valence-corrected chi connectivity index (χ0v) is 16.9. The lowest BCUT2D eigenvalue weighted by Gasteiger charge is -2.19. The molecule has 2 unspecified atom stereocenters. The Bertz CT molecular complexity index is 583. The molecular weight excluding hydrogens is 344 g/mol. The molecule has 1 aliphatic rings. The fourth-order valence-corrected chi connectivity index (χ4v) is 3.06. The molecule has 27 heavy (non-hydrogen) atoms. The minimum atomic E-state index is 0.348. The van der Waals surface area contributed by atoms with Crippen molar-refractivity contribution >= 4 is 0 Å². The van der Waals surface area contributed by atoms with Crippen LogP contribution in [0.1, 0.15) is 25.2 Å². The van der Waals surface area contributed by atoms with E-state index in [-0.39, 0.29) is 0 Å². The molecule has 8 nitrogen and oxygen atoms in total. The second-order valence-electron chi connectivity index (χ2n) is 7.18. The van der Waals surface area contributed by atoms with Crippen LogP contribution in [0, 0.1) is 0 Å². The molecule has 0 amide bonds. The number of ether oxygens (including phenoxy) is 2. The SMILES string of the molecule is COCC(Cc1cnc[nH]1)N1CC1.COCC(Cc1cnc[nH]1)NC(C)C. The van der Waals surface area contributed by atoms with E-state index in [1.165, 1.54) is 18.8 Å². The van der Waals surface area contributed by atoms with Gasteiger partial charge in [0, 0.05) is 82.1 Å². The van der Waals surface area contributed by atoms with Crippen molar-refractivity contribution in [3.63, 3.8) is 0 Å². The fourth-order valence-electron chi connectivity index (χ4n) is 3.06. The van der Waals surface area contributed by atoms with Gasteiger partial charge in [-0.15, -0.1) is 0 Å². The summed E-state index contributed by atoms with van der Waals surface area (Å²) in [6.07, 6.45) is 9.09. The molecular formula is C19H34N6O2. The average molecular weight is 379 g/mol. The minimum absolute atomic E-state index is 0.348. The van der Waals surface area contributed by atoms with Crippen LogP contribution in [0.2, 0.25) is 0 Å². The molecule has 1 fully saturated rings. The van der Waals surface area contributed by atoms with E-state index in [0.29, 0.717) is 18.1 Å². The van der Waals surface area contributed by atoms with E-state index in [4.69, 9.17) is 9.47 Å². The molecule has 2 atom stereocenters. The van der Waals surface area contributed by atoms with E-state index in [1.807, 2.05) is 12.4 Å². The molecule has 0 spiro atoms. The predicted molar refractivity (Wildman–Crippen MR) is 106 cm³/mol. The lowest BCUT2D eigenvalue weighted by atomic mass is 10.1. The van der Waals surface area contributed by atoms with Gasteiger partial charge >= 0.3 is 0 Å². The first-order chi connectivity index (χ1) is 13.1. The van der Waals surface area contributed by atoms with Crippen LogP contribution < -0.4 is 5.32 Å². The first-order valence-electron chi connectivity index (χ1n) is 9.54. The van der Waals surface area contributed by atoms with Gasteiger partial charge < -0.3 is 24.8 Å². The third kappa shape index (κ3) is 8.66. The Kier molecular flexibility index (Phi) is 9.47. The van der Waals surface area contributed by atoms with E-state index < -0.39 is 0 Å². The molecule has 0 saturated carbocycles. The van der Waals surface area contributed by atoms with Crippen LogP contribution in [0.4, 0.5) is 0 Å².